The molecule has 1 aromatic heterocycles. The van der Waals surface area contributed by atoms with Gasteiger partial charge in [-0.25, -0.2) is 13.4 Å². The topological polar surface area (TPSA) is 86.7 Å². The normalized spacial score (nSPS) is 13.8. The summed E-state index contributed by atoms with van der Waals surface area (Å²) in [6, 6.07) is 22.1. The fraction of sp³-hybridized carbons (Fsp3) is 0.179. The van der Waals surface area contributed by atoms with Gasteiger partial charge in [-0.2, -0.15) is 0 Å². The van der Waals surface area contributed by atoms with E-state index in [0.29, 0.717) is 42.5 Å². The number of anilines is 2. The van der Waals surface area contributed by atoms with Crippen molar-refractivity contribution in [1.29, 1.82) is 0 Å². The van der Waals surface area contributed by atoms with Crippen molar-refractivity contribution >= 4 is 39.0 Å². The van der Waals surface area contributed by atoms with Crippen LogP contribution in [0.15, 0.2) is 102 Å². The average Bonchev–Trinajstić information content (AvgIpc) is 2.97. The van der Waals surface area contributed by atoms with E-state index in [2.05, 4.69) is 14.9 Å². The number of aromatic nitrogens is 2. The minimum Gasteiger partial charge on any atom is -0.352 e. The largest absolute Gasteiger partial charge is 0.352 e. The van der Waals surface area contributed by atoms with E-state index in [1.165, 1.54) is 4.31 Å². The van der Waals surface area contributed by atoms with Crippen LogP contribution in [0.4, 0.5) is 11.5 Å². The van der Waals surface area contributed by atoms with E-state index in [9.17, 15) is 13.2 Å². The maximum atomic E-state index is 13.6. The molecule has 10 heteroatoms. The Morgan fingerprint density at radius 1 is 0.868 bits per heavy atom. The Balaban J connectivity index is 1.35. The molecule has 1 amide bonds. The molecule has 1 aliphatic heterocycles. The van der Waals surface area contributed by atoms with E-state index < -0.39 is 10.0 Å². The van der Waals surface area contributed by atoms with Gasteiger partial charge in [-0.3, -0.25) is 14.1 Å². The van der Waals surface area contributed by atoms with Gasteiger partial charge >= 0.3 is 0 Å². The zero-order valence-corrected chi connectivity index (χ0v) is 22.1. The number of halogens is 1. The Hall–Kier alpha value is -3.95. The Morgan fingerprint density at radius 2 is 1.55 bits per heavy atom. The molecule has 0 N–H and O–H groups in total. The third-order valence-electron chi connectivity index (χ3n) is 6.41. The molecule has 0 spiro atoms. The second-order valence-corrected chi connectivity index (χ2v) is 11.1. The molecule has 0 saturated carbocycles. The highest BCUT2D eigenvalue weighted by molar-refractivity contribution is 7.92. The summed E-state index contributed by atoms with van der Waals surface area (Å²) >= 11 is 6.03. The summed E-state index contributed by atoms with van der Waals surface area (Å²) in [5, 5.41) is 0.576. The van der Waals surface area contributed by atoms with Crippen molar-refractivity contribution in [2.24, 2.45) is 0 Å². The zero-order valence-electron chi connectivity index (χ0n) is 20.5. The van der Waals surface area contributed by atoms with Crippen LogP contribution in [0, 0.1) is 0 Å². The first-order valence-corrected chi connectivity index (χ1v) is 14.0. The first-order valence-electron chi connectivity index (χ1n) is 12.1. The fourth-order valence-corrected chi connectivity index (χ4v) is 5.94. The zero-order chi connectivity index (χ0) is 26.5. The standard InChI is InChI=1S/C28H26ClN5O3S/c29-24-10-6-22(7-11-24)21-34(38(36,37)26-4-2-1-3-5-26)25-12-8-23(9-13-25)28(35)33-18-16-32(17-19-33)27-20-30-14-15-31-27/h1-15,20H,16-19,21H2. The second-order valence-electron chi connectivity index (χ2n) is 8.84. The molecule has 1 fully saturated rings. The lowest BCUT2D eigenvalue weighted by atomic mass is 10.1. The lowest BCUT2D eigenvalue weighted by molar-refractivity contribution is 0.0746. The number of piperazine rings is 1. The van der Waals surface area contributed by atoms with Crippen molar-refractivity contribution in [3.05, 3.63) is 114 Å². The average molecular weight is 548 g/mol. The molecular formula is C28H26ClN5O3S. The molecule has 2 heterocycles. The number of sulfonamides is 1. The number of hydrogen-bond donors (Lipinski definition) is 0. The van der Waals surface area contributed by atoms with Crippen LogP contribution < -0.4 is 9.21 Å². The van der Waals surface area contributed by atoms with Gasteiger partial charge in [0, 0.05) is 49.2 Å². The molecule has 0 aliphatic carbocycles. The van der Waals surface area contributed by atoms with Crippen LogP contribution in [0.3, 0.4) is 0 Å². The molecule has 5 rings (SSSR count). The van der Waals surface area contributed by atoms with Gasteiger partial charge in [0.1, 0.15) is 5.82 Å². The van der Waals surface area contributed by atoms with Crippen molar-refractivity contribution in [3.8, 4) is 0 Å². The van der Waals surface area contributed by atoms with Crippen LogP contribution in [0.1, 0.15) is 15.9 Å². The van der Waals surface area contributed by atoms with Gasteiger partial charge in [-0.05, 0) is 54.1 Å². The summed E-state index contributed by atoms with van der Waals surface area (Å²) in [5.74, 6) is 0.704. The highest BCUT2D eigenvalue weighted by Gasteiger charge is 2.27. The van der Waals surface area contributed by atoms with Crippen LogP contribution in [0.5, 0.6) is 0 Å². The lowest BCUT2D eigenvalue weighted by Gasteiger charge is -2.35. The van der Waals surface area contributed by atoms with E-state index in [1.807, 2.05) is 0 Å². The summed E-state index contributed by atoms with van der Waals surface area (Å²) in [6.45, 7) is 2.55. The smallest absolute Gasteiger partial charge is 0.264 e. The number of rotatable bonds is 7. The van der Waals surface area contributed by atoms with Crippen molar-refractivity contribution < 1.29 is 13.2 Å². The van der Waals surface area contributed by atoms with Crippen molar-refractivity contribution in [2.75, 3.05) is 35.4 Å². The fourth-order valence-electron chi connectivity index (χ4n) is 4.34. The van der Waals surface area contributed by atoms with Gasteiger partial charge in [0.05, 0.1) is 23.3 Å². The quantitative estimate of drug-likeness (QED) is 0.339. The summed E-state index contributed by atoms with van der Waals surface area (Å²) < 4.78 is 28.6. The number of nitrogens with zero attached hydrogens (tertiary/aromatic N) is 5. The first-order chi connectivity index (χ1) is 18.4. The lowest BCUT2D eigenvalue weighted by Crippen LogP contribution is -2.49. The van der Waals surface area contributed by atoms with Crippen molar-refractivity contribution in [3.63, 3.8) is 0 Å². The number of carbonyl (C=O) groups excluding carboxylic acids is 1. The van der Waals surface area contributed by atoms with Gasteiger partial charge in [0.2, 0.25) is 0 Å². The number of carbonyl (C=O) groups is 1. The molecular weight excluding hydrogens is 522 g/mol. The van der Waals surface area contributed by atoms with E-state index >= 15 is 0 Å². The second kappa shape index (κ2) is 11.2. The summed E-state index contributed by atoms with van der Waals surface area (Å²) in [4.78, 5) is 25.7. The van der Waals surface area contributed by atoms with Crippen molar-refractivity contribution in [2.45, 2.75) is 11.4 Å². The summed E-state index contributed by atoms with van der Waals surface area (Å²) in [7, 11) is -3.86. The minimum atomic E-state index is -3.86. The molecule has 0 atom stereocenters. The molecule has 38 heavy (non-hydrogen) atoms. The Labute approximate surface area is 227 Å². The Bertz CT molecular complexity index is 1480. The monoisotopic (exact) mass is 547 g/mol. The highest BCUT2D eigenvalue weighted by Crippen LogP contribution is 2.27. The van der Waals surface area contributed by atoms with Crippen LogP contribution >= 0.6 is 11.6 Å². The number of benzene rings is 3. The Morgan fingerprint density at radius 3 is 2.18 bits per heavy atom. The predicted molar refractivity (Wildman–Crippen MR) is 148 cm³/mol. The predicted octanol–water partition coefficient (Wildman–Crippen LogP) is 4.49. The first kappa shape index (κ1) is 25.7. The molecule has 0 unspecified atom stereocenters. The van der Waals surface area contributed by atoms with Gasteiger partial charge in [0.15, 0.2) is 0 Å². The summed E-state index contributed by atoms with van der Waals surface area (Å²) in [6.07, 6.45) is 5.01. The molecule has 0 bridgehead atoms. The number of amides is 1. The molecule has 0 radical (unpaired) electrons. The molecule has 1 saturated heterocycles. The van der Waals surface area contributed by atoms with E-state index in [-0.39, 0.29) is 17.3 Å². The van der Waals surface area contributed by atoms with Crippen LogP contribution in [0.25, 0.3) is 0 Å². The van der Waals surface area contributed by atoms with Crippen molar-refractivity contribution in [1.82, 2.24) is 14.9 Å². The van der Waals surface area contributed by atoms with Gasteiger partial charge < -0.3 is 9.80 Å². The van der Waals surface area contributed by atoms with Gasteiger partial charge in [-0.1, -0.05) is 41.9 Å². The van der Waals surface area contributed by atoms with E-state index in [1.54, 1.807) is 102 Å². The van der Waals surface area contributed by atoms with Gasteiger partial charge in [0.25, 0.3) is 15.9 Å². The minimum absolute atomic E-state index is 0.0921. The van der Waals surface area contributed by atoms with Crippen LogP contribution in [-0.2, 0) is 16.6 Å². The summed E-state index contributed by atoms with van der Waals surface area (Å²) in [5.41, 5.74) is 1.76. The van der Waals surface area contributed by atoms with E-state index in [4.69, 9.17) is 11.6 Å². The van der Waals surface area contributed by atoms with E-state index in [0.717, 1.165) is 11.4 Å². The molecule has 3 aromatic carbocycles. The van der Waals surface area contributed by atoms with Crippen LogP contribution in [-0.4, -0.2) is 55.4 Å². The maximum Gasteiger partial charge on any atom is 0.264 e. The van der Waals surface area contributed by atoms with Crippen LogP contribution in [0.2, 0.25) is 5.02 Å². The van der Waals surface area contributed by atoms with Gasteiger partial charge in [-0.15, -0.1) is 0 Å². The maximum absolute atomic E-state index is 13.6. The molecule has 8 nitrogen and oxygen atoms in total. The number of hydrogen-bond acceptors (Lipinski definition) is 6. The highest BCUT2D eigenvalue weighted by atomic mass is 35.5. The Kier molecular flexibility index (Phi) is 7.57. The SMILES string of the molecule is O=C(c1ccc(N(Cc2ccc(Cl)cc2)S(=O)(=O)c2ccccc2)cc1)N1CCN(c2cnccn2)CC1. The third kappa shape index (κ3) is 5.64. The third-order valence-corrected chi connectivity index (χ3v) is 8.45. The molecule has 194 valence electrons. The molecule has 4 aromatic rings. The molecule has 1 aliphatic rings.